The van der Waals surface area contributed by atoms with Crippen molar-refractivity contribution >= 4 is 23.2 Å². The SMILES string of the molecule is Cc1cc(=O)c(C(=O)Nc2cccnc2-n2cccn2)nn1-c1ccc(Cl)cc1. The van der Waals surface area contributed by atoms with Gasteiger partial charge in [0.15, 0.2) is 11.5 Å². The van der Waals surface area contributed by atoms with Gasteiger partial charge in [-0.25, -0.2) is 14.3 Å². The molecule has 1 N–H and O–H groups in total. The molecule has 0 radical (unpaired) electrons. The maximum Gasteiger partial charge on any atom is 0.280 e. The van der Waals surface area contributed by atoms with Crippen LogP contribution < -0.4 is 10.7 Å². The minimum absolute atomic E-state index is 0.235. The Balaban J connectivity index is 1.71. The highest BCUT2D eigenvalue weighted by Gasteiger charge is 2.18. The van der Waals surface area contributed by atoms with Crippen molar-refractivity contribution in [1.29, 1.82) is 0 Å². The quantitative estimate of drug-likeness (QED) is 0.562. The third-order valence-corrected chi connectivity index (χ3v) is 4.40. The second kappa shape index (κ2) is 7.69. The average Bonchev–Trinajstić information content (AvgIpc) is 3.24. The van der Waals surface area contributed by atoms with E-state index in [0.717, 1.165) is 0 Å². The van der Waals surface area contributed by atoms with Crippen molar-refractivity contribution in [3.8, 4) is 11.5 Å². The van der Waals surface area contributed by atoms with E-state index in [0.29, 0.717) is 27.9 Å². The van der Waals surface area contributed by atoms with E-state index in [1.165, 1.54) is 15.4 Å². The van der Waals surface area contributed by atoms with E-state index in [1.54, 1.807) is 68.0 Å². The van der Waals surface area contributed by atoms with Crippen LogP contribution in [0.2, 0.25) is 5.02 Å². The van der Waals surface area contributed by atoms with Crippen molar-refractivity contribution in [1.82, 2.24) is 24.5 Å². The van der Waals surface area contributed by atoms with Crippen LogP contribution in [0.15, 0.2) is 71.9 Å². The van der Waals surface area contributed by atoms with E-state index >= 15 is 0 Å². The standard InChI is InChI=1S/C20H15ClN6O2/c1-13-12-17(28)18(25-27(13)15-7-5-14(21)6-8-15)20(29)24-16-4-2-9-22-19(16)26-11-3-10-23-26/h2-12H,1H3,(H,24,29). The normalized spacial score (nSPS) is 10.7. The molecule has 8 nitrogen and oxygen atoms in total. The van der Waals surface area contributed by atoms with E-state index in [4.69, 9.17) is 11.6 Å². The second-order valence-corrected chi connectivity index (χ2v) is 6.60. The van der Waals surface area contributed by atoms with Crippen LogP contribution in [0.4, 0.5) is 5.69 Å². The molecule has 0 aliphatic carbocycles. The van der Waals surface area contributed by atoms with E-state index in [2.05, 4.69) is 20.5 Å². The first-order chi connectivity index (χ1) is 14.0. The van der Waals surface area contributed by atoms with Crippen molar-refractivity contribution in [2.75, 3.05) is 5.32 Å². The van der Waals surface area contributed by atoms with Crippen LogP contribution in [0.25, 0.3) is 11.5 Å². The molecule has 29 heavy (non-hydrogen) atoms. The van der Waals surface area contributed by atoms with Gasteiger partial charge in [0.25, 0.3) is 5.91 Å². The molecule has 144 valence electrons. The number of hydrogen-bond donors (Lipinski definition) is 1. The Labute approximate surface area is 170 Å². The number of carbonyl (C=O) groups is 1. The number of aromatic nitrogens is 5. The number of aryl methyl sites for hydroxylation is 1. The van der Waals surface area contributed by atoms with Crippen LogP contribution in [0.5, 0.6) is 0 Å². The molecule has 0 saturated heterocycles. The van der Waals surface area contributed by atoms with E-state index in [1.807, 2.05) is 0 Å². The van der Waals surface area contributed by atoms with Gasteiger partial charge >= 0.3 is 0 Å². The smallest absolute Gasteiger partial charge is 0.280 e. The zero-order valence-corrected chi connectivity index (χ0v) is 16.0. The Bertz CT molecular complexity index is 1230. The van der Waals surface area contributed by atoms with Crippen LogP contribution in [-0.2, 0) is 0 Å². The largest absolute Gasteiger partial charge is 0.317 e. The molecular weight excluding hydrogens is 392 g/mol. The molecule has 0 atom stereocenters. The number of anilines is 1. The van der Waals surface area contributed by atoms with Crippen molar-refractivity contribution in [2.24, 2.45) is 0 Å². The highest BCUT2D eigenvalue weighted by Crippen LogP contribution is 2.17. The van der Waals surface area contributed by atoms with Crippen LogP contribution in [-0.4, -0.2) is 30.5 Å². The van der Waals surface area contributed by atoms with E-state index < -0.39 is 11.3 Å². The van der Waals surface area contributed by atoms with E-state index in [9.17, 15) is 9.59 Å². The molecule has 9 heteroatoms. The molecule has 0 unspecified atom stereocenters. The number of carbonyl (C=O) groups excluding carboxylic acids is 1. The van der Waals surface area contributed by atoms with Crippen LogP contribution in [0.3, 0.4) is 0 Å². The zero-order chi connectivity index (χ0) is 20.4. The van der Waals surface area contributed by atoms with Gasteiger partial charge in [0, 0.05) is 35.4 Å². The molecule has 0 spiro atoms. The number of rotatable bonds is 4. The first kappa shape index (κ1) is 18.6. The fourth-order valence-corrected chi connectivity index (χ4v) is 2.93. The number of hydrogen-bond acceptors (Lipinski definition) is 5. The number of amides is 1. The fraction of sp³-hybridized carbons (Fsp3) is 0.0500. The Kier molecular flexibility index (Phi) is 4.92. The van der Waals surface area contributed by atoms with Gasteiger partial charge in [-0.1, -0.05) is 11.6 Å². The zero-order valence-electron chi connectivity index (χ0n) is 15.3. The summed E-state index contributed by atoms with van der Waals surface area (Å²) in [4.78, 5) is 29.5. The number of nitrogens with zero attached hydrogens (tertiary/aromatic N) is 5. The Hall–Kier alpha value is -3.78. The molecule has 0 saturated carbocycles. The summed E-state index contributed by atoms with van der Waals surface area (Å²) < 4.78 is 3.04. The molecule has 0 aliphatic rings. The number of halogens is 1. The lowest BCUT2D eigenvalue weighted by Gasteiger charge is -2.12. The van der Waals surface area contributed by atoms with Crippen LogP contribution in [0.1, 0.15) is 16.2 Å². The van der Waals surface area contributed by atoms with Gasteiger partial charge in [-0.05, 0) is 49.4 Å². The fourth-order valence-electron chi connectivity index (χ4n) is 2.80. The van der Waals surface area contributed by atoms with Crippen molar-refractivity contribution in [3.05, 3.63) is 93.8 Å². The van der Waals surface area contributed by atoms with Gasteiger partial charge in [-0.3, -0.25) is 9.59 Å². The van der Waals surface area contributed by atoms with Gasteiger partial charge < -0.3 is 5.32 Å². The molecule has 0 aliphatic heterocycles. The predicted molar refractivity (Wildman–Crippen MR) is 109 cm³/mol. The molecule has 0 fully saturated rings. The minimum Gasteiger partial charge on any atom is -0.317 e. The van der Waals surface area contributed by atoms with Gasteiger partial charge in [0.2, 0.25) is 5.43 Å². The number of pyridine rings is 1. The van der Waals surface area contributed by atoms with Crippen molar-refractivity contribution < 1.29 is 4.79 Å². The molecule has 0 bridgehead atoms. The summed E-state index contributed by atoms with van der Waals surface area (Å²) in [7, 11) is 0. The Morgan fingerprint density at radius 3 is 2.62 bits per heavy atom. The van der Waals surface area contributed by atoms with Crippen molar-refractivity contribution in [3.63, 3.8) is 0 Å². The lowest BCUT2D eigenvalue weighted by Crippen LogP contribution is -2.27. The molecular formula is C20H15ClN6O2. The van der Waals surface area contributed by atoms with Crippen LogP contribution in [0, 0.1) is 6.92 Å². The first-order valence-corrected chi connectivity index (χ1v) is 9.04. The maximum absolute atomic E-state index is 12.8. The Morgan fingerprint density at radius 2 is 1.90 bits per heavy atom. The first-order valence-electron chi connectivity index (χ1n) is 8.66. The summed E-state index contributed by atoms with van der Waals surface area (Å²) in [6.07, 6.45) is 4.90. The summed E-state index contributed by atoms with van der Waals surface area (Å²) in [6, 6.07) is 13.4. The predicted octanol–water partition coefficient (Wildman–Crippen LogP) is 3.03. The lowest BCUT2D eigenvalue weighted by molar-refractivity contribution is 0.101. The van der Waals surface area contributed by atoms with Gasteiger partial charge in [0.05, 0.1) is 11.4 Å². The topological polar surface area (TPSA) is 94.7 Å². The molecule has 4 aromatic rings. The monoisotopic (exact) mass is 406 g/mol. The van der Waals surface area contributed by atoms with E-state index in [-0.39, 0.29) is 5.69 Å². The summed E-state index contributed by atoms with van der Waals surface area (Å²) in [5.41, 5.74) is 0.962. The maximum atomic E-state index is 12.8. The lowest BCUT2D eigenvalue weighted by atomic mass is 10.2. The summed E-state index contributed by atoms with van der Waals surface area (Å²) in [6.45, 7) is 1.74. The van der Waals surface area contributed by atoms with Gasteiger partial charge in [-0.2, -0.15) is 10.2 Å². The van der Waals surface area contributed by atoms with Gasteiger partial charge in [-0.15, -0.1) is 0 Å². The molecule has 3 heterocycles. The minimum atomic E-state index is -0.640. The van der Waals surface area contributed by atoms with Gasteiger partial charge in [0.1, 0.15) is 0 Å². The van der Waals surface area contributed by atoms with Crippen LogP contribution >= 0.6 is 11.6 Å². The highest BCUT2D eigenvalue weighted by atomic mass is 35.5. The highest BCUT2D eigenvalue weighted by molar-refractivity contribution is 6.30. The number of nitrogens with one attached hydrogen (secondary N) is 1. The average molecular weight is 407 g/mol. The summed E-state index contributed by atoms with van der Waals surface area (Å²) in [5.74, 6) is -0.213. The third kappa shape index (κ3) is 3.78. The number of benzene rings is 1. The molecule has 4 rings (SSSR count). The van der Waals surface area contributed by atoms with Crippen molar-refractivity contribution in [2.45, 2.75) is 6.92 Å². The molecule has 1 aromatic carbocycles. The molecule has 1 amide bonds. The summed E-state index contributed by atoms with van der Waals surface area (Å²) in [5, 5.41) is 11.7. The Morgan fingerprint density at radius 1 is 1.10 bits per heavy atom. The summed E-state index contributed by atoms with van der Waals surface area (Å²) >= 11 is 5.94. The molecule has 3 aromatic heterocycles. The second-order valence-electron chi connectivity index (χ2n) is 6.17. The third-order valence-electron chi connectivity index (χ3n) is 4.15.